The van der Waals surface area contributed by atoms with Gasteiger partial charge in [-0.05, 0) is 25.3 Å². The number of rotatable bonds is 6. The molecular formula is C15H19ClO3. The molecule has 104 valence electrons. The molecule has 0 fully saturated rings. The van der Waals surface area contributed by atoms with Crippen molar-refractivity contribution in [2.75, 3.05) is 0 Å². The molecule has 0 saturated carbocycles. The van der Waals surface area contributed by atoms with Crippen LogP contribution in [0.5, 0.6) is 11.5 Å². The van der Waals surface area contributed by atoms with Crippen LogP contribution in [0.1, 0.15) is 54.1 Å². The van der Waals surface area contributed by atoms with E-state index in [2.05, 4.69) is 6.92 Å². The van der Waals surface area contributed by atoms with Gasteiger partial charge in [-0.25, -0.2) is 0 Å². The minimum atomic E-state index is -0.221. The summed E-state index contributed by atoms with van der Waals surface area (Å²) in [5, 5.41) is 20.0. The fourth-order valence-corrected chi connectivity index (χ4v) is 2.07. The summed E-state index contributed by atoms with van der Waals surface area (Å²) in [6, 6.07) is 0. The number of hydrogen-bond donors (Lipinski definition) is 2. The van der Waals surface area contributed by atoms with E-state index >= 15 is 0 Å². The first-order chi connectivity index (χ1) is 9.04. The number of aldehydes is 1. The number of halogens is 1. The molecule has 0 radical (unpaired) electrons. The second kappa shape index (κ2) is 7.19. The lowest BCUT2D eigenvalue weighted by atomic mass is 10.0. The van der Waals surface area contributed by atoms with Crippen LogP contribution in [0.2, 0.25) is 5.02 Å². The third-order valence-corrected chi connectivity index (χ3v) is 3.55. The van der Waals surface area contributed by atoms with Gasteiger partial charge in [0.05, 0.1) is 16.1 Å². The average molecular weight is 283 g/mol. The smallest absolute Gasteiger partial charge is 0.154 e. The zero-order valence-corrected chi connectivity index (χ0v) is 12.0. The lowest BCUT2D eigenvalue weighted by Crippen LogP contribution is -1.93. The molecule has 4 heteroatoms. The maximum atomic E-state index is 11.0. The number of unbranched alkanes of at least 4 members (excludes halogenated alkanes) is 3. The zero-order valence-electron chi connectivity index (χ0n) is 11.2. The molecule has 0 aliphatic heterocycles. The van der Waals surface area contributed by atoms with E-state index in [9.17, 15) is 15.0 Å². The number of benzene rings is 1. The minimum Gasteiger partial charge on any atom is -0.506 e. The third kappa shape index (κ3) is 3.51. The summed E-state index contributed by atoms with van der Waals surface area (Å²) in [6.07, 6.45) is 8.20. The Morgan fingerprint density at radius 3 is 2.42 bits per heavy atom. The Labute approximate surface area is 118 Å². The first kappa shape index (κ1) is 15.6. The van der Waals surface area contributed by atoms with E-state index in [1.54, 1.807) is 13.0 Å². The molecule has 3 nitrogen and oxygen atoms in total. The van der Waals surface area contributed by atoms with Crippen LogP contribution < -0.4 is 0 Å². The lowest BCUT2D eigenvalue weighted by molar-refractivity contribution is 0.112. The molecule has 1 aromatic carbocycles. The van der Waals surface area contributed by atoms with E-state index < -0.39 is 0 Å². The number of allylic oxidation sites excluding steroid dienone is 1. The van der Waals surface area contributed by atoms with Crippen molar-refractivity contribution in [2.45, 2.75) is 39.5 Å². The van der Waals surface area contributed by atoms with Gasteiger partial charge < -0.3 is 10.2 Å². The minimum absolute atomic E-state index is 0.105. The van der Waals surface area contributed by atoms with Gasteiger partial charge in [-0.2, -0.15) is 0 Å². The fourth-order valence-electron chi connectivity index (χ4n) is 1.86. The van der Waals surface area contributed by atoms with Crippen LogP contribution in [-0.4, -0.2) is 16.5 Å². The lowest BCUT2D eigenvalue weighted by Gasteiger charge is -2.11. The number of carbonyl (C=O) groups is 1. The number of aromatic hydroxyl groups is 2. The highest BCUT2D eigenvalue weighted by molar-refractivity contribution is 6.33. The van der Waals surface area contributed by atoms with Gasteiger partial charge in [-0.15, -0.1) is 0 Å². The molecule has 1 aromatic rings. The maximum absolute atomic E-state index is 11.0. The summed E-state index contributed by atoms with van der Waals surface area (Å²) in [6.45, 7) is 3.71. The topological polar surface area (TPSA) is 57.5 Å². The van der Waals surface area contributed by atoms with Crippen LogP contribution in [0.4, 0.5) is 0 Å². The first-order valence-corrected chi connectivity index (χ1v) is 6.78. The number of hydrogen-bond acceptors (Lipinski definition) is 3. The van der Waals surface area contributed by atoms with Gasteiger partial charge in [0, 0.05) is 0 Å². The largest absolute Gasteiger partial charge is 0.506 e. The van der Waals surface area contributed by atoms with Crippen molar-refractivity contribution in [2.24, 2.45) is 0 Å². The van der Waals surface area contributed by atoms with E-state index in [-0.39, 0.29) is 27.6 Å². The van der Waals surface area contributed by atoms with E-state index in [1.807, 2.05) is 6.08 Å². The summed E-state index contributed by atoms with van der Waals surface area (Å²) < 4.78 is 0. The van der Waals surface area contributed by atoms with Crippen LogP contribution in [0.3, 0.4) is 0 Å². The van der Waals surface area contributed by atoms with Crippen molar-refractivity contribution >= 4 is 24.0 Å². The molecule has 0 bridgehead atoms. The van der Waals surface area contributed by atoms with Crippen molar-refractivity contribution in [1.82, 2.24) is 0 Å². The second-order valence-corrected chi connectivity index (χ2v) is 4.86. The van der Waals surface area contributed by atoms with Gasteiger partial charge in [0.1, 0.15) is 11.5 Å². The molecule has 1 rings (SSSR count). The van der Waals surface area contributed by atoms with E-state index in [4.69, 9.17) is 11.6 Å². The molecule has 0 amide bonds. The Morgan fingerprint density at radius 1 is 1.16 bits per heavy atom. The van der Waals surface area contributed by atoms with Crippen molar-refractivity contribution in [1.29, 1.82) is 0 Å². The average Bonchev–Trinajstić information content (AvgIpc) is 2.40. The second-order valence-electron chi connectivity index (χ2n) is 4.48. The molecule has 0 unspecified atom stereocenters. The van der Waals surface area contributed by atoms with E-state index in [0.717, 1.165) is 25.7 Å². The summed E-state index contributed by atoms with van der Waals surface area (Å²) in [7, 11) is 0. The van der Waals surface area contributed by atoms with Crippen LogP contribution in [0, 0.1) is 6.92 Å². The summed E-state index contributed by atoms with van der Waals surface area (Å²) in [4.78, 5) is 11.0. The Hall–Kier alpha value is -1.48. The monoisotopic (exact) mass is 282 g/mol. The van der Waals surface area contributed by atoms with Gasteiger partial charge in [-0.3, -0.25) is 4.79 Å². The first-order valence-electron chi connectivity index (χ1n) is 6.40. The van der Waals surface area contributed by atoms with Gasteiger partial charge >= 0.3 is 0 Å². The van der Waals surface area contributed by atoms with Gasteiger partial charge in [0.25, 0.3) is 0 Å². The predicted octanol–water partition coefficient (Wildman–Crippen LogP) is 4.47. The molecule has 0 aromatic heterocycles. The molecule has 0 saturated heterocycles. The highest BCUT2D eigenvalue weighted by Gasteiger charge is 2.18. The standard InChI is InChI=1S/C15H19ClO3/c1-3-4-5-6-7-8-11-14(18)12(9-17)10(2)13(16)15(11)19/h7-9,18-19H,3-6H2,1-2H3/b8-7+. The number of phenols is 2. The summed E-state index contributed by atoms with van der Waals surface area (Å²) in [5.74, 6) is -0.407. The Balaban J connectivity index is 3.07. The Morgan fingerprint density at radius 2 is 1.84 bits per heavy atom. The van der Waals surface area contributed by atoms with Crippen molar-refractivity contribution in [3.05, 3.63) is 27.8 Å². The predicted molar refractivity (Wildman–Crippen MR) is 78.1 cm³/mol. The van der Waals surface area contributed by atoms with Gasteiger partial charge in [-0.1, -0.05) is 43.5 Å². The van der Waals surface area contributed by atoms with E-state index in [1.165, 1.54) is 0 Å². The van der Waals surface area contributed by atoms with Crippen LogP contribution >= 0.6 is 11.6 Å². The SMILES string of the molecule is CCCCC/C=C/c1c(O)c(Cl)c(C)c(C=O)c1O. The van der Waals surface area contributed by atoms with Gasteiger partial charge in [0.2, 0.25) is 0 Å². The maximum Gasteiger partial charge on any atom is 0.154 e. The van der Waals surface area contributed by atoms with Crippen molar-refractivity contribution < 1.29 is 15.0 Å². The number of carbonyl (C=O) groups excluding carboxylic acids is 1. The van der Waals surface area contributed by atoms with Crippen LogP contribution in [0.15, 0.2) is 6.08 Å². The van der Waals surface area contributed by atoms with Crippen LogP contribution in [-0.2, 0) is 0 Å². The molecule has 0 spiro atoms. The van der Waals surface area contributed by atoms with Crippen LogP contribution in [0.25, 0.3) is 6.08 Å². The highest BCUT2D eigenvalue weighted by atomic mass is 35.5. The van der Waals surface area contributed by atoms with E-state index in [0.29, 0.717) is 11.8 Å². The Bertz CT molecular complexity index is 493. The fraction of sp³-hybridized carbons (Fsp3) is 0.400. The van der Waals surface area contributed by atoms with Crippen molar-refractivity contribution in [3.63, 3.8) is 0 Å². The molecule has 19 heavy (non-hydrogen) atoms. The molecule has 0 aliphatic rings. The molecule has 2 N–H and O–H groups in total. The quantitative estimate of drug-likeness (QED) is 0.598. The number of phenolic OH excluding ortho intramolecular Hbond substituents is 2. The molecule has 0 heterocycles. The van der Waals surface area contributed by atoms with Gasteiger partial charge in [0.15, 0.2) is 6.29 Å². The summed E-state index contributed by atoms with van der Waals surface area (Å²) in [5.41, 5.74) is 0.708. The normalized spacial score (nSPS) is 11.1. The summed E-state index contributed by atoms with van der Waals surface area (Å²) >= 11 is 5.95. The van der Waals surface area contributed by atoms with Crippen molar-refractivity contribution in [3.8, 4) is 11.5 Å². The molecular weight excluding hydrogens is 264 g/mol. The molecule has 0 aliphatic carbocycles. The molecule has 0 atom stereocenters. The Kier molecular flexibility index (Phi) is 5.90. The highest BCUT2D eigenvalue weighted by Crippen LogP contribution is 2.40. The zero-order chi connectivity index (χ0) is 14.4. The third-order valence-electron chi connectivity index (χ3n) is 3.08.